The van der Waals surface area contributed by atoms with E-state index >= 15 is 0 Å². The summed E-state index contributed by atoms with van der Waals surface area (Å²) in [5.41, 5.74) is 3.42. The Hall–Kier alpha value is -2.47. The second-order valence-corrected chi connectivity index (χ2v) is 8.67. The van der Waals surface area contributed by atoms with Crippen LogP contribution in [0, 0.1) is 6.92 Å². The Morgan fingerprint density at radius 1 is 1.03 bits per heavy atom. The molecule has 0 aliphatic rings. The van der Waals surface area contributed by atoms with Gasteiger partial charge in [-0.05, 0) is 48.9 Å². The van der Waals surface area contributed by atoms with E-state index in [4.69, 9.17) is 28.2 Å². The molecule has 30 heavy (non-hydrogen) atoms. The van der Waals surface area contributed by atoms with Crippen LogP contribution in [-0.2, 0) is 17.1 Å². The molecule has 1 amide bonds. The second-order valence-electron chi connectivity index (χ2n) is 6.83. The number of nitrogens with zero attached hydrogens (tertiary/aromatic N) is 2. The largest absolute Gasteiger partial charge is 0.324 e. The number of nitrogens with one attached hydrogen (secondary N) is 1. The van der Waals surface area contributed by atoms with E-state index in [9.17, 15) is 4.79 Å². The summed E-state index contributed by atoms with van der Waals surface area (Å²) >= 11 is 14.1. The van der Waals surface area contributed by atoms with Gasteiger partial charge in [0.15, 0.2) is 0 Å². The molecule has 7 heteroatoms. The highest BCUT2D eigenvalue weighted by molar-refractivity contribution is 7.98. The first kappa shape index (κ1) is 20.8. The molecule has 0 saturated heterocycles. The number of rotatable bonds is 6. The minimum Gasteiger partial charge on any atom is -0.324 e. The van der Waals surface area contributed by atoms with Crippen molar-refractivity contribution in [2.75, 3.05) is 5.32 Å². The van der Waals surface area contributed by atoms with Gasteiger partial charge in [-0.15, -0.1) is 11.8 Å². The average Bonchev–Trinajstić information content (AvgIpc) is 3.07. The van der Waals surface area contributed by atoms with Gasteiger partial charge in [-0.1, -0.05) is 53.5 Å². The van der Waals surface area contributed by atoms with Crippen LogP contribution in [0.5, 0.6) is 0 Å². The number of aryl methyl sites for hydroxylation is 1. The molecule has 0 atom stereocenters. The lowest BCUT2D eigenvalue weighted by molar-refractivity contribution is -0.116. The third-order valence-corrected chi connectivity index (χ3v) is 6.60. The summed E-state index contributed by atoms with van der Waals surface area (Å²) in [5.74, 6) is 1.28. The Labute approximate surface area is 189 Å². The zero-order chi connectivity index (χ0) is 21.1. The van der Waals surface area contributed by atoms with Crippen LogP contribution in [0.4, 0.5) is 5.69 Å². The number of carbonyl (C=O) groups excluding carboxylic acids is 1. The minimum atomic E-state index is -0.137. The van der Waals surface area contributed by atoms with Crippen molar-refractivity contribution in [1.82, 2.24) is 9.55 Å². The average molecular weight is 456 g/mol. The predicted octanol–water partition coefficient (Wildman–Crippen LogP) is 6.58. The normalized spacial score (nSPS) is 11.0. The second kappa shape index (κ2) is 9.13. The van der Waals surface area contributed by atoms with Gasteiger partial charge in [0.1, 0.15) is 12.4 Å². The number of imidazole rings is 1. The first-order valence-electron chi connectivity index (χ1n) is 9.39. The summed E-state index contributed by atoms with van der Waals surface area (Å²) in [6.07, 6.45) is 0. The van der Waals surface area contributed by atoms with Crippen molar-refractivity contribution in [3.8, 4) is 0 Å². The summed E-state index contributed by atoms with van der Waals surface area (Å²) in [7, 11) is 0. The molecule has 0 aliphatic carbocycles. The van der Waals surface area contributed by atoms with Crippen LogP contribution in [0.15, 0.2) is 71.6 Å². The zero-order valence-corrected chi connectivity index (χ0v) is 18.6. The van der Waals surface area contributed by atoms with Gasteiger partial charge in [-0.25, -0.2) is 4.98 Å². The maximum atomic E-state index is 12.8. The molecule has 3 aromatic carbocycles. The number of thioether (sulfide) groups is 1. The minimum absolute atomic E-state index is 0.137. The van der Waals surface area contributed by atoms with E-state index in [1.165, 1.54) is 0 Å². The van der Waals surface area contributed by atoms with Crippen molar-refractivity contribution in [1.29, 1.82) is 0 Å². The van der Waals surface area contributed by atoms with Gasteiger partial charge < -0.3 is 9.88 Å². The first-order chi connectivity index (χ1) is 14.5. The molecular formula is C23H19Cl2N3OS. The monoisotopic (exact) mass is 455 g/mol. The van der Waals surface area contributed by atoms with Crippen molar-refractivity contribution in [3.63, 3.8) is 0 Å². The van der Waals surface area contributed by atoms with Crippen LogP contribution >= 0.6 is 35.0 Å². The number of benzene rings is 3. The maximum Gasteiger partial charge on any atom is 0.244 e. The third-order valence-electron chi connectivity index (χ3n) is 4.68. The Balaban J connectivity index is 1.57. The lowest BCUT2D eigenvalue weighted by Crippen LogP contribution is -2.20. The van der Waals surface area contributed by atoms with Gasteiger partial charge in [-0.2, -0.15) is 0 Å². The lowest BCUT2D eigenvalue weighted by Gasteiger charge is -2.11. The van der Waals surface area contributed by atoms with E-state index in [0.29, 0.717) is 21.5 Å². The van der Waals surface area contributed by atoms with E-state index in [-0.39, 0.29) is 12.5 Å². The highest BCUT2D eigenvalue weighted by Gasteiger charge is 2.15. The molecule has 1 N–H and O–H groups in total. The van der Waals surface area contributed by atoms with Crippen LogP contribution in [0.3, 0.4) is 0 Å². The van der Waals surface area contributed by atoms with Gasteiger partial charge in [0.2, 0.25) is 5.91 Å². The Morgan fingerprint density at radius 3 is 2.60 bits per heavy atom. The van der Waals surface area contributed by atoms with Gasteiger partial charge in [0.05, 0.1) is 21.8 Å². The molecule has 0 radical (unpaired) electrons. The molecule has 4 rings (SSSR count). The molecule has 4 aromatic rings. The molecule has 0 bridgehead atoms. The SMILES string of the molecule is Cc1ccc(NC(=O)Cn2c(CSc3ccccc3Cl)nc3ccccc32)cc1Cl. The molecule has 0 unspecified atom stereocenters. The molecule has 0 aliphatic heterocycles. The lowest BCUT2D eigenvalue weighted by atomic mass is 10.2. The molecule has 0 spiro atoms. The highest BCUT2D eigenvalue weighted by atomic mass is 35.5. The third kappa shape index (κ3) is 4.64. The molecule has 152 valence electrons. The van der Waals surface area contributed by atoms with Gasteiger partial charge in [0, 0.05) is 15.6 Å². The molecular weight excluding hydrogens is 437 g/mol. The highest BCUT2D eigenvalue weighted by Crippen LogP contribution is 2.30. The Kier molecular flexibility index (Phi) is 6.32. The van der Waals surface area contributed by atoms with Crippen LogP contribution < -0.4 is 5.32 Å². The van der Waals surface area contributed by atoms with Crippen molar-refractivity contribution >= 4 is 57.6 Å². The van der Waals surface area contributed by atoms with Crippen molar-refractivity contribution < 1.29 is 4.79 Å². The number of para-hydroxylation sites is 2. The molecule has 0 fully saturated rings. The van der Waals surface area contributed by atoms with Crippen LogP contribution in [0.2, 0.25) is 10.0 Å². The Morgan fingerprint density at radius 2 is 1.80 bits per heavy atom. The van der Waals surface area contributed by atoms with Crippen LogP contribution in [0.25, 0.3) is 11.0 Å². The summed E-state index contributed by atoms with van der Waals surface area (Å²) in [6.45, 7) is 2.08. The van der Waals surface area contributed by atoms with Crippen LogP contribution in [0.1, 0.15) is 11.4 Å². The molecule has 0 saturated carbocycles. The summed E-state index contributed by atoms with van der Waals surface area (Å²) < 4.78 is 1.95. The number of carbonyl (C=O) groups is 1. The number of aromatic nitrogens is 2. The van der Waals surface area contributed by atoms with E-state index in [0.717, 1.165) is 27.3 Å². The van der Waals surface area contributed by atoms with Crippen molar-refractivity contribution in [2.45, 2.75) is 24.1 Å². The maximum absolute atomic E-state index is 12.8. The standard InChI is InChI=1S/C23H19Cl2N3OS/c1-15-10-11-16(12-18(15)25)26-23(29)13-28-20-8-4-3-7-19(20)27-22(28)14-30-21-9-5-2-6-17(21)24/h2-12H,13-14H2,1H3,(H,26,29). The van der Waals surface area contributed by atoms with E-state index in [2.05, 4.69) is 5.32 Å². The number of halogens is 2. The van der Waals surface area contributed by atoms with Gasteiger partial charge in [-0.3, -0.25) is 4.79 Å². The smallest absolute Gasteiger partial charge is 0.244 e. The zero-order valence-electron chi connectivity index (χ0n) is 16.2. The fourth-order valence-corrected chi connectivity index (χ4v) is 4.50. The Bertz CT molecular complexity index is 1220. The topological polar surface area (TPSA) is 46.9 Å². The summed E-state index contributed by atoms with van der Waals surface area (Å²) in [5, 5.41) is 4.25. The number of anilines is 1. The van der Waals surface area contributed by atoms with Crippen molar-refractivity contribution in [3.05, 3.63) is 88.2 Å². The van der Waals surface area contributed by atoms with E-state index < -0.39 is 0 Å². The van der Waals surface area contributed by atoms with Gasteiger partial charge in [0.25, 0.3) is 0 Å². The van der Waals surface area contributed by atoms with E-state index in [1.54, 1.807) is 17.8 Å². The number of hydrogen-bond acceptors (Lipinski definition) is 3. The fourth-order valence-electron chi connectivity index (χ4n) is 3.13. The molecule has 1 aromatic heterocycles. The fraction of sp³-hybridized carbons (Fsp3) is 0.130. The number of fused-ring (bicyclic) bond motifs is 1. The van der Waals surface area contributed by atoms with Crippen molar-refractivity contribution in [2.24, 2.45) is 0 Å². The number of hydrogen-bond donors (Lipinski definition) is 1. The van der Waals surface area contributed by atoms with Crippen LogP contribution in [-0.4, -0.2) is 15.5 Å². The quantitative estimate of drug-likeness (QED) is 0.333. The predicted molar refractivity (Wildman–Crippen MR) is 126 cm³/mol. The summed E-state index contributed by atoms with van der Waals surface area (Å²) in [6, 6.07) is 21.0. The molecule has 4 nitrogen and oxygen atoms in total. The molecule has 1 heterocycles. The first-order valence-corrected chi connectivity index (χ1v) is 11.1. The summed E-state index contributed by atoms with van der Waals surface area (Å²) in [4.78, 5) is 18.5. The number of amides is 1. The van der Waals surface area contributed by atoms with E-state index in [1.807, 2.05) is 72.2 Å². The van der Waals surface area contributed by atoms with Gasteiger partial charge >= 0.3 is 0 Å².